The van der Waals surface area contributed by atoms with Gasteiger partial charge in [0.15, 0.2) is 6.23 Å². The highest BCUT2D eigenvalue weighted by molar-refractivity contribution is 5.76. The molecule has 1 aromatic rings. The van der Waals surface area contributed by atoms with Crippen LogP contribution < -0.4 is 16.7 Å². The van der Waals surface area contributed by atoms with E-state index in [0.29, 0.717) is 12.8 Å². The van der Waals surface area contributed by atoms with Gasteiger partial charge < -0.3 is 35.8 Å². The van der Waals surface area contributed by atoms with Crippen molar-refractivity contribution in [1.29, 1.82) is 0 Å². The molecule has 0 radical (unpaired) electrons. The molecule has 30 heavy (non-hydrogen) atoms. The quantitative estimate of drug-likeness (QED) is 0.336. The summed E-state index contributed by atoms with van der Waals surface area (Å²) in [5.74, 6) is -1.09. The van der Waals surface area contributed by atoms with Gasteiger partial charge in [0.05, 0.1) is 0 Å². The second-order valence-electron chi connectivity index (χ2n) is 7.01. The molecule has 6 N–H and O–H groups in total. The van der Waals surface area contributed by atoms with Crippen LogP contribution in [-0.4, -0.2) is 74.3 Å². The summed E-state index contributed by atoms with van der Waals surface area (Å²) in [5, 5.41) is 31.1. The van der Waals surface area contributed by atoms with Crippen molar-refractivity contribution in [1.82, 2.24) is 14.9 Å². The number of esters is 1. The fraction of sp³-hybridized carbons (Fsp3) is 0.667. The Bertz CT molecular complexity index is 780. The molecule has 3 rings (SSSR count). The van der Waals surface area contributed by atoms with E-state index in [4.69, 9.17) is 20.3 Å². The first kappa shape index (κ1) is 23.7. The Hall–Kier alpha value is -2.54. The number of carboxylic acid groups (broad SMARTS) is 1. The van der Waals surface area contributed by atoms with E-state index < -0.39 is 42.2 Å². The zero-order chi connectivity index (χ0) is 22.3. The molecule has 0 aliphatic carbocycles. The number of anilines is 1. The Balaban J connectivity index is 0.000000469. The highest BCUT2D eigenvalue weighted by atomic mass is 16.6. The molecule has 0 bridgehead atoms. The maximum Gasteiger partial charge on any atom is 0.351 e. The van der Waals surface area contributed by atoms with Gasteiger partial charge in [0.2, 0.25) is 0 Å². The number of hydrogen-bond acceptors (Lipinski definition) is 10. The lowest BCUT2D eigenvalue weighted by molar-refractivity contribution is -0.152. The molecule has 0 saturated carbocycles. The molecule has 12 nitrogen and oxygen atoms in total. The number of nitrogen functional groups attached to an aromatic ring is 1. The highest BCUT2D eigenvalue weighted by Crippen LogP contribution is 2.28. The number of carbonyl (C=O) groups is 2. The first-order valence-electron chi connectivity index (χ1n) is 9.72. The number of ether oxygens (including phenoxy) is 2. The summed E-state index contributed by atoms with van der Waals surface area (Å²) < 4.78 is 11.7. The Kier molecular flexibility index (Phi) is 8.72. The average molecular weight is 428 g/mol. The fourth-order valence-corrected chi connectivity index (χ4v) is 3.08. The van der Waals surface area contributed by atoms with Gasteiger partial charge in [-0.25, -0.2) is 4.79 Å². The van der Waals surface area contributed by atoms with E-state index in [1.165, 1.54) is 12.3 Å². The van der Waals surface area contributed by atoms with Crippen molar-refractivity contribution in [2.45, 2.75) is 63.2 Å². The number of rotatable bonds is 6. The molecule has 2 saturated heterocycles. The topological polar surface area (TPSA) is 186 Å². The van der Waals surface area contributed by atoms with E-state index in [9.17, 15) is 24.6 Å². The minimum absolute atomic E-state index is 0.0406. The molecule has 2 aliphatic heterocycles. The SMILES string of the molecule is CCCC(=O)O.Nc1ccn([C@@H]2O[C@H](COC(=O)C3CCCN3)[C@@H](O)[C@@H]2O)c(=O)n1. The van der Waals surface area contributed by atoms with Crippen LogP contribution in [0.1, 0.15) is 38.8 Å². The number of nitrogens with one attached hydrogen (secondary N) is 1. The predicted octanol–water partition coefficient (Wildman–Crippen LogP) is -1.39. The third-order valence-corrected chi connectivity index (χ3v) is 4.66. The summed E-state index contributed by atoms with van der Waals surface area (Å²) in [6.45, 7) is 2.38. The zero-order valence-electron chi connectivity index (χ0n) is 16.6. The van der Waals surface area contributed by atoms with E-state index in [1.807, 2.05) is 6.92 Å². The Morgan fingerprint density at radius 2 is 2.13 bits per heavy atom. The van der Waals surface area contributed by atoms with Gasteiger partial charge in [-0.15, -0.1) is 0 Å². The largest absolute Gasteiger partial charge is 0.481 e. The summed E-state index contributed by atoms with van der Waals surface area (Å²) in [4.78, 5) is 36.8. The van der Waals surface area contributed by atoms with Gasteiger partial charge in [0.1, 0.15) is 36.8 Å². The predicted molar refractivity (Wildman–Crippen MR) is 103 cm³/mol. The molecule has 12 heteroatoms. The molecule has 0 aromatic carbocycles. The fourth-order valence-electron chi connectivity index (χ4n) is 3.08. The van der Waals surface area contributed by atoms with Crippen molar-refractivity contribution in [3.8, 4) is 0 Å². The van der Waals surface area contributed by atoms with Crippen LogP contribution >= 0.6 is 0 Å². The van der Waals surface area contributed by atoms with Crippen LogP contribution in [0.25, 0.3) is 0 Å². The average Bonchev–Trinajstić information content (AvgIpc) is 3.31. The first-order valence-corrected chi connectivity index (χ1v) is 9.72. The van der Waals surface area contributed by atoms with Gasteiger partial charge in [-0.05, 0) is 31.9 Å². The minimum Gasteiger partial charge on any atom is -0.481 e. The Labute approximate surface area is 172 Å². The smallest absolute Gasteiger partial charge is 0.351 e. The maximum absolute atomic E-state index is 11.9. The first-order chi connectivity index (χ1) is 14.2. The lowest BCUT2D eigenvalue weighted by Gasteiger charge is -2.17. The number of aliphatic carboxylic acids is 1. The van der Waals surface area contributed by atoms with Crippen LogP contribution in [0.2, 0.25) is 0 Å². The summed E-state index contributed by atoms with van der Waals surface area (Å²) in [7, 11) is 0. The highest BCUT2D eigenvalue weighted by Gasteiger charge is 2.45. The number of aliphatic hydroxyl groups is 2. The monoisotopic (exact) mass is 428 g/mol. The molecule has 2 fully saturated rings. The second-order valence-corrected chi connectivity index (χ2v) is 7.01. The van der Waals surface area contributed by atoms with Crippen molar-refractivity contribution >= 4 is 17.8 Å². The summed E-state index contributed by atoms with van der Waals surface area (Å²) in [6.07, 6.45) is -0.794. The van der Waals surface area contributed by atoms with Crippen LogP contribution in [0.3, 0.4) is 0 Å². The van der Waals surface area contributed by atoms with Crippen molar-refractivity contribution in [3.05, 3.63) is 22.7 Å². The molecule has 168 valence electrons. The number of carboxylic acids is 1. The number of carbonyl (C=O) groups excluding carboxylic acids is 1. The van der Waals surface area contributed by atoms with Crippen molar-refractivity contribution < 1.29 is 34.4 Å². The molecular weight excluding hydrogens is 400 g/mol. The number of aliphatic hydroxyl groups excluding tert-OH is 2. The normalized spacial score (nSPS) is 27.9. The van der Waals surface area contributed by atoms with Crippen molar-refractivity contribution in [2.75, 3.05) is 18.9 Å². The molecule has 3 heterocycles. The molecular formula is C18H28N4O8. The lowest BCUT2D eigenvalue weighted by atomic mass is 10.1. The molecule has 1 unspecified atom stereocenters. The van der Waals surface area contributed by atoms with Gasteiger partial charge in [0.25, 0.3) is 0 Å². The zero-order valence-corrected chi connectivity index (χ0v) is 16.6. The van der Waals surface area contributed by atoms with Crippen molar-refractivity contribution in [3.63, 3.8) is 0 Å². The van der Waals surface area contributed by atoms with Crippen LogP contribution in [0.15, 0.2) is 17.1 Å². The minimum atomic E-state index is -1.36. The third-order valence-electron chi connectivity index (χ3n) is 4.66. The van der Waals surface area contributed by atoms with Gasteiger partial charge in [-0.1, -0.05) is 6.92 Å². The lowest BCUT2D eigenvalue weighted by Crippen LogP contribution is -2.38. The molecule has 5 atom stereocenters. The van der Waals surface area contributed by atoms with E-state index >= 15 is 0 Å². The third kappa shape index (κ3) is 6.23. The number of aromatic nitrogens is 2. The van der Waals surface area contributed by atoms with E-state index in [2.05, 4.69) is 10.3 Å². The van der Waals surface area contributed by atoms with E-state index in [-0.39, 0.29) is 18.5 Å². The van der Waals surface area contributed by atoms with Crippen molar-refractivity contribution in [2.24, 2.45) is 0 Å². The van der Waals surface area contributed by atoms with Gasteiger partial charge in [-0.3, -0.25) is 14.2 Å². The van der Waals surface area contributed by atoms with Gasteiger partial charge >= 0.3 is 17.6 Å². The summed E-state index contributed by atoms with van der Waals surface area (Å²) in [5.41, 5.74) is 4.71. The van der Waals surface area contributed by atoms with Gasteiger partial charge in [-0.2, -0.15) is 4.98 Å². The number of hydrogen-bond donors (Lipinski definition) is 5. The van der Waals surface area contributed by atoms with Gasteiger partial charge in [0, 0.05) is 12.6 Å². The van der Waals surface area contributed by atoms with E-state index in [0.717, 1.165) is 24.0 Å². The second kappa shape index (κ2) is 11.0. The maximum atomic E-state index is 11.9. The summed E-state index contributed by atoms with van der Waals surface area (Å²) >= 11 is 0. The molecule has 0 amide bonds. The molecule has 1 aromatic heterocycles. The van der Waals surface area contributed by atoms with Crippen LogP contribution in [0.4, 0.5) is 5.82 Å². The standard InChI is InChI=1S/C14H20N4O6.C4H8O2/c15-9-3-5-18(14(22)17-9)12-11(20)10(19)8(24-12)6-23-13(21)7-2-1-4-16-7;1-2-3-4(5)6/h3,5,7-8,10-12,16,19-20H,1-2,4,6H2,(H2,15,17,22);2-3H2,1H3,(H,5,6)/t7?,8-,10-,11+,12-;/m1./s1. The van der Waals surface area contributed by atoms with Crippen LogP contribution in [0.5, 0.6) is 0 Å². The molecule has 2 aliphatic rings. The van der Waals surface area contributed by atoms with E-state index in [1.54, 1.807) is 0 Å². The van der Waals surface area contributed by atoms with Crippen LogP contribution in [-0.2, 0) is 19.1 Å². The Morgan fingerprint density at radius 3 is 2.67 bits per heavy atom. The number of nitrogens with two attached hydrogens (primary N) is 1. The van der Waals surface area contributed by atoms with Crippen LogP contribution in [0, 0.1) is 0 Å². The summed E-state index contributed by atoms with van der Waals surface area (Å²) in [6, 6.07) is 1.02. The Morgan fingerprint density at radius 1 is 1.40 bits per heavy atom. The molecule has 0 spiro atoms. The number of nitrogens with zero attached hydrogens (tertiary/aromatic N) is 2.